The highest BCUT2D eigenvalue weighted by Gasteiger charge is 2.52. The molecule has 0 amide bonds. The molecule has 2 aliphatic rings. The highest BCUT2D eigenvalue weighted by molar-refractivity contribution is 5.92. The summed E-state index contributed by atoms with van der Waals surface area (Å²) in [6.07, 6.45) is 4.80. The Hall–Kier alpha value is -2.71. The number of para-hydroxylation sites is 1. The minimum Gasteiger partial charge on any atom is -0.488 e. The molecule has 0 radical (unpaired) electrons. The monoisotopic (exact) mass is 405 g/mol. The number of nitrogens with zero attached hydrogens (tertiary/aromatic N) is 1. The lowest BCUT2D eigenvalue weighted by Crippen LogP contribution is -2.63. The highest BCUT2D eigenvalue weighted by Crippen LogP contribution is 2.39. The lowest BCUT2D eigenvalue weighted by atomic mass is 9.74. The van der Waals surface area contributed by atoms with Crippen molar-refractivity contribution in [2.45, 2.75) is 30.9 Å². The number of aliphatic hydroxyl groups is 1. The molecule has 1 aliphatic carbocycles. The maximum Gasteiger partial charge on any atom is 0.331 e. The van der Waals surface area contributed by atoms with Crippen LogP contribution in [0.5, 0.6) is 5.75 Å². The van der Waals surface area contributed by atoms with E-state index in [0.29, 0.717) is 0 Å². The molecule has 29 heavy (non-hydrogen) atoms. The van der Waals surface area contributed by atoms with Crippen LogP contribution < -0.4 is 4.74 Å². The SMILES string of the molecule is CC1C(C(=O)O)=CC=CC1(C(=O)O)N1CCC(O)(COc2ccccc2F)CC1. The molecule has 0 bridgehead atoms. The lowest BCUT2D eigenvalue weighted by molar-refractivity contribution is -0.155. The van der Waals surface area contributed by atoms with Gasteiger partial charge in [-0.25, -0.2) is 14.0 Å². The minimum atomic E-state index is -1.50. The number of rotatable bonds is 6. The third-order valence-corrected chi connectivity index (χ3v) is 5.89. The first-order valence-corrected chi connectivity index (χ1v) is 9.40. The Morgan fingerprint density at radius 2 is 1.90 bits per heavy atom. The molecular formula is C21H24FNO6. The summed E-state index contributed by atoms with van der Waals surface area (Å²) in [5.41, 5.74) is -2.71. The van der Waals surface area contributed by atoms with Gasteiger partial charge in [0.15, 0.2) is 11.6 Å². The van der Waals surface area contributed by atoms with Gasteiger partial charge in [0.05, 0.1) is 0 Å². The number of carbonyl (C=O) groups is 2. The van der Waals surface area contributed by atoms with Gasteiger partial charge in [-0.1, -0.05) is 37.3 Å². The lowest BCUT2D eigenvalue weighted by Gasteiger charge is -2.48. The molecule has 2 atom stereocenters. The normalized spacial score (nSPS) is 26.6. The molecule has 1 fully saturated rings. The molecule has 3 N–H and O–H groups in total. The number of carboxylic acid groups (broad SMARTS) is 2. The number of halogens is 1. The predicted octanol–water partition coefficient (Wildman–Crippen LogP) is 2.07. The number of piperidine rings is 1. The fourth-order valence-corrected chi connectivity index (χ4v) is 4.06. The highest BCUT2D eigenvalue weighted by atomic mass is 19.1. The first kappa shape index (κ1) is 21.0. The van der Waals surface area contributed by atoms with E-state index >= 15 is 0 Å². The van der Waals surface area contributed by atoms with Gasteiger partial charge in [0.1, 0.15) is 17.7 Å². The van der Waals surface area contributed by atoms with E-state index in [4.69, 9.17) is 4.74 Å². The van der Waals surface area contributed by atoms with Crippen molar-refractivity contribution in [3.63, 3.8) is 0 Å². The third kappa shape index (κ3) is 3.90. The zero-order chi connectivity index (χ0) is 21.2. The number of benzene rings is 1. The molecule has 0 spiro atoms. The molecule has 0 aromatic heterocycles. The van der Waals surface area contributed by atoms with Gasteiger partial charge in [0, 0.05) is 24.6 Å². The van der Waals surface area contributed by atoms with Crippen molar-refractivity contribution < 1.29 is 34.0 Å². The van der Waals surface area contributed by atoms with Crippen molar-refractivity contribution in [3.05, 3.63) is 53.9 Å². The van der Waals surface area contributed by atoms with E-state index < -0.39 is 34.8 Å². The van der Waals surface area contributed by atoms with Crippen LogP contribution in [0, 0.1) is 11.7 Å². The fourth-order valence-electron chi connectivity index (χ4n) is 4.06. The fraction of sp³-hybridized carbons (Fsp3) is 0.429. The number of hydrogen-bond donors (Lipinski definition) is 3. The smallest absolute Gasteiger partial charge is 0.331 e. The standard InChI is InChI=1S/C21H24FNO6/c1-14-15(18(24)25)5-4-8-21(14,19(26)27)23-11-9-20(28,10-12-23)13-29-17-7-3-2-6-16(17)22/h2-8,14,28H,9-13H2,1H3,(H,24,25)(H,26,27). The molecular weight excluding hydrogens is 381 g/mol. The van der Waals surface area contributed by atoms with Gasteiger partial charge in [-0.2, -0.15) is 0 Å². The Labute approximate surface area is 167 Å². The summed E-state index contributed by atoms with van der Waals surface area (Å²) in [5.74, 6) is -3.54. The maximum absolute atomic E-state index is 13.7. The maximum atomic E-state index is 13.7. The van der Waals surface area contributed by atoms with Crippen LogP contribution in [0.25, 0.3) is 0 Å². The Balaban J connectivity index is 1.72. The molecule has 1 aliphatic heterocycles. The topological polar surface area (TPSA) is 107 Å². The molecule has 1 saturated heterocycles. The zero-order valence-corrected chi connectivity index (χ0v) is 16.0. The summed E-state index contributed by atoms with van der Waals surface area (Å²) in [5, 5.41) is 30.2. The Morgan fingerprint density at radius 1 is 1.24 bits per heavy atom. The van der Waals surface area contributed by atoms with Crippen molar-refractivity contribution in [1.82, 2.24) is 4.90 Å². The second kappa shape index (κ2) is 7.96. The molecule has 2 unspecified atom stereocenters. The third-order valence-electron chi connectivity index (χ3n) is 5.89. The van der Waals surface area contributed by atoms with Crippen molar-refractivity contribution in [2.24, 2.45) is 5.92 Å². The van der Waals surface area contributed by atoms with E-state index in [2.05, 4.69) is 0 Å². The van der Waals surface area contributed by atoms with Crippen LogP contribution >= 0.6 is 0 Å². The first-order chi connectivity index (χ1) is 13.7. The molecule has 3 rings (SSSR count). The van der Waals surface area contributed by atoms with Gasteiger partial charge in [-0.15, -0.1) is 0 Å². The molecule has 0 saturated carbocycles. The van der Waals surface area contributed by atoms with Crippen LogP contribution in [-0.4, -0.2) is 63.0 Å². The number of allylic oxidation sites excluding steroid dienone is 2. The second-order valence-corrected chi connectivity index (χ2v) is 7.57. The van der Waals surface area contributed by atoms with Gasteiger partial charge < -0.3 is 20.1 Å². The van der Waals surface area contributed by atoms with Crippen LogP contribution in [-0.2, 0) is 9.59 Å². The van der Waals surface area contributed by atoms with Crippen LogP contribution in [0.1, 0.15) is 19.8 Å². The largest absolute Gasteiger partial charge is 0.488 e. The molecule has 8 heteroatoms. The average Bonchev–Trinajstić information content (AvgIpc) is 2.68. The molecule has 1 aromatic carbocycles. The van der Waals surface area contributed by atoms with Gasteiger partial charge >= 0.3 is 11.9 Å². The number of likely N-dealkylation sites (tertiary alicyclic amines) is 1. The van der Waals surface area contributed by atoms with E-state index in [-0.39, 0.29) is 43.9 Å². The van der Waals surface area contributed by atoms with Crippen LogP contribution in [0.4, 0.5) is 4.39 Å². The summed E-state index contributed by atoms with van der Waals surface area (Å²) in [6, 6.07) is 5.91. The zero-order valence-electron chi connectivity index (χ0n) is 16.0. The summed E-state index contributed by atoms with van der Waals surface area (Å²) < 4.78 is 19.2. The predicted molar refractivity (Wildman–Crippen MR) is 102 cm³/mol. The Kier molecular flexibility index (Phi) is 5.77. The minimum absolute atomic E-state index is 0.0265. The average molecular weight is 405 g/mol. The van der Waals surface area contributed by atoms with Gasteiger partial charge in [0.2, 0.25) is 0 Å². The van der Waals surface area contributed by atoms with E-state index in [1.54, 1.807) is 24.0 Å². The molecule has 156 valence electrons. The van der Waals surface area contributed by atoms with Crippen molar-refractivity contribution in [2.75, 3.05) is 19.7 Å². The summed E-state index contributed by atoms with van der Waals surface area (Å²) >= 11 is 0. The Morgan fingerprint density at radius 3 is 2.48 bits per heavy atom. The van der Waals surface area contributed by atoms with Gasteiger partial charge in [-0.05, 0) is 25.0 Å². The van der Waals surface area contributed by atoms with Crippen molar-refractivity contribution >= 4 is 11.9 Å². The second-order valence-electron chi connectivity index (χ2n) is 7.57. The summed E-state index contributed by atoms with van der Waals surface area (Å²) in [6.45, 7) is 1.92. The van der Waals surface area contributed by atoms with E-state index in [1.165, 1.54) is 30.4 Å². The van der Waals surface area contributed by atoms with E-state index in [1.807, 2.05) is 0 Å². The number of aliphatic carboxylic acids is 2. The number of ether oxygens (including phenoxy) is 1. The van der Waals surface area contributed by atoms with Crippen LogP contribution in [0.3, 0.4) is 0 Å². The van der Waals surface area contributed by atoms with Crippen LogP contribution in [0.2, 0.25) is 0 Å². The van der Waals surface area contributed by atoms with E-state index in [0.717, 1.165) is 0 Å². The van der Waals surface area contributed by atoms with E-state index in [9.17, 15) is 29.3 Å². The van der Waals surface area contributed by atoms with Gasteiger partial charge in [-0.3, -0.25) is 4.90 Å². The molecule has 1 heterocycles. The quantitative estimate of drug-likeness (QED) is 0.665. The van der Waals surface area contributed by atoms with Gasteiger partial charge in [0.25, 0.3) is 0 Å². The molecule has 1 aromatic rings. The first-order valence-electron chi connectivity index (χ1n) is 9.40. The molecule has 7 nitrogen and oxygen atoms in total. The summed E-state index contributed by atoms with van der Waals surface area (Å²) in [7, 11) is 0. The van der Waals surface area contributed by atoms with Crippen LogP contribution in [0.15, 0.2) is 48.1 Å². The summed E-state index contributed by atoms with van der Waals surface area (Å²) in [4.78, 5) is 25.4. The Bertz CT molecular complexity index is 858. The number of hydrogen-bond acceptors (Lipinski definition) is 5. The van der Waals surface area contributed by atoms with Crippen molar-refractivity contribution in [3.8, 4) is 5.75 Å². The number of carboxylic acids is 2. The van der Waals surface area contributed by atoms with Crippen molar-refractivity contribution in [1.29, 1.82) is 0 Å².